The van der Waals surface area contributed by atoms with Gasteiger partial charge in [0.15, 0.2) is 0 Å². The second-order valence-corrected chi connectivity index (χ2v) is 7.02. The normalized spacial score (nSPS) is 19.9. The van der Waals surface area contributed by atoms with Crippen molar-refractivity contribution >= 4 is 45.4 Å². The fourth-order valence-electron chi connectivity index (χ4n) is 1.50. The summed E-state index contributed by atoms with van der Waals surface area (Å²) in [6.45, 7) is 0.722. The van der Waals surface area contributed by atoms with Gasteiger partial charge in [0.25, 0.3) is 5.91 Å². The predicted octanol–water partition coefficient (Wildman–Crippen LogP) is 2.42. The molecule has 6 heteroatoms. The molecule has 0 aliphatic carbocycles. The van der Waals surface area contributed by atoms with Crippen molar-refractivity contribution in [1.29, 1.82) is 0 Å². The van der Waals surface area contributed by atoms with Gasteiger partial charge >= 0.3 is 0 Å². The second kappa shape index (κ2) is 6.66. The van der Waals surface area contributed by atoms with Gasteiger partial charge in [-0.1, -0.05) is 0 Å². The van der Waals surface area contributed by atoms with E-state index < -0.39 is 0 Å². The number of hydrogen-bond acceptors (Lipinski definition) is 4. The quantitative estimate of drug-likeness (QED) is 0.923. The first-order chi connectivity index (χ1) is 8.27. The number of nitrogens with one attached hydrogen (secondary N) is 1. The Morgan fingerprint density at radius 1 is 1.59 bits per heavy atom. The number of carbonyl (C=O) groups excluding carboxylic acids is 1. The van der Waals surface area contributed by atoms with Gasteiger partial charge in [-0.05, 0) is 28.1 Å². The lowest BCUT2D eigenvalue weighted by Crippen LogP contribution is -2.34. The molecule has 2 rings (SSSR count). The van der Waals surface area contributed by atoms with E-state index in [1.54, 1.807) is 12.3 Å². The number of halogens is 1. The number of hydrogen-bond donors (Lipinski definition) is 1. The first-order valence-electron chi connectivity index (χ1n) is 5.35. The molecule has 1 amide bonds. The fraction of sp³-hybridized carbons (Fsp3) is 0.455. The lowest BCUT2D eigenvalue weighted by molar-refractivity contribution is 0.0948. The second-order valence-electron chi connectivity index (χ2n) is 3.61. The first-order valence-corrected chi connectivity index (χ1v) is 8.35. The zero-order valence-electron chi connectivity index (χ0n) is 9.19. The molecule has 0 aromatic carbocycles. The van der Waals surface area contributed by atoms with Crippen molar-refractivity contribution in [2.75, 3.05) is 23.8 Å². The Labute approximate surface area is 118 Å². The minimum atomic E-state index is -0.103. The van der Waals surface area contributed by atoms with Crippen molar-refractivity contribution in [3.63, 3.8) is 0 Å². The van der Waals surface area contributed by atoms with Crippen LogP contribution >= 0.6 is 39.5 Å². The molecule has 92 valence electrons. The number of thioether (sulfide) groups is 2. The molecule has 17 heavy (non-hydrogen) atoms. The van der Waals surface area contributed by atoms with E-state index in [0.717, 1.165) is 16.8 Å². The molecule has 1 aromatic rings. The maximum atomic E-state index is 11.9. The van der Waals surface area contributed by atoms with Crippen molar-refractivity contribution in [2.24, 2.45) is 0 Å². The van der Waals surface area contributed by atoms with Gasteiger partial charge in [0.1, 0.15) is 5.69 Å². The van der Waals surface area contributed by atoms with Crippen LogP contribution in [0.25, 0.3) is 0 Å². The maximum Gasteiger partial charge on any atom is 0.271 e. The molecule has 1 N–H and O–H groups in total. The molecular formula is C11H13BrN2OS2. The highest BCUT2D eigenvalue weighted by atomic mass is 79.9. The van der Waals surface area contributed by atoms with Crippen molar-refractivity contribution < 1.29 is 4.79 Å². The molecule has 1 fully saturated rings. The lowest BCUT2D eigenvalue weighted by Gasteiger charge is -2.21. The highest BCUT2D eigenvalue weighted by Crippen LogP contribution is 2.23. The molecule has 2 heterocycles. The topological polar surface area (TPSA) is 42.0 Å². The molecule has 3 nitrogen and oxygen atoms in total. The third-order valence-electron chi connectivity index (χ3n) is 2.35. The van der Waals surface area contributed by atoms with E-state index in [9.17, 15) is 4.79 Å². The Kier molecular flexibility index (Phi) is 5.18. The summed E-state index contributed by atoms with van der Waals surface area (Å²) in [5, 5.41) is 3.47. The SMILES string of the molecule is O=C(NCC1CSCCS1)c1ncccc1Br. The van der Waals surface area contributed by atoms with Gasteiger partial charge in [0.2, 0.25) is 0 Å². The van der Waals surface area contributed by atoms with E-state index >= 15 is 0 Å². The largest absolute Gasteiger partial charge is 0.350 e. The van der Waals surface area contributed by atoms with Gasteiger partial charge < -0.3 is 5.32 Å². The van der Waals surface area contributed by atoms with E-state index in [1.807, 2.05) is 29.6 Å². The van der Waals surface area contributed by atoms with Crippen LogP contribution < -0.4 is 5.32 Å². The molecule has 1 saturated heterocycles. The third-order valence-corrected chi connectivity index (χ3v) is 5.83. The molecule has 1 aliphatic rings. The number of rotatable bonds is 3. The maximum absolute atomic E-state index is 11.9. The monoisotopic (exact) mass is 332 g/mol. The summed E-state index contributed by atoms with van der Waals surface area (Å²) >= 11 is 7.22. The number of amides is 1. The number of aromatic nitrogens is 1. The summed E-state index contributed by atoms with van der Waals surface area (Å²) in [5.74, 6) is 3.42. The summed E-state index contributed by atoms with van der Waals surface area (Å²) in [6.07, 6.45) is 1.63. The van der Waals surface area contributed by atoms with E-state index in [4.69, 9.17) is 0 Å². The van der Waals surface area contributed by atoms with Crippen LogP contribution in [0.3, 0.4) is 0 Å². The van der Waals surface area contributed by atoms with Gasteiger partial charge in [0.05, 0.1) is 0 Å². The fourth-order valence-corrected chi connectivity index (χ4v) is 4.54. The summed E-state index contributed by atoms with van der Waals surface area (Å²) in [7, 11) is 0. The van der Waals surface area contributed by atoms with E-state index in [2.05, 4.69) is 26.2 Å². The van der Waals surface area contributed by atoms with Crippen LogP contribution in [-0.2, 0) is 0 Å². The van der Waals surface area contributed by atoms with E-state index in [-0.39, 0.29) is 5.91 Å². The first kappa shape index (κ1) is 13.2. The summed E-state index contributed by atoms with van der Waals surface area (Å²) in [4.78, 5) is 16.0. The molecule has 1 aromatic heterocycles. The molecule has 0 radical (unpaired) electrons. The summed E-state index contributed by atoms with van der Waals surface area (Å²) in [5.41, 5.74) is 0.459. The van der Waals surface area contributed by atoms with Gasteiger partial charge in [0, 0.05) is 39.7 Å². The van der Waals surface area contributed by atoms with Crippen LogP contribution in [0.5, 0.6) is 0 Å². The molecule has 0 bridgehead atoms. The average molecular weight is 333 g/mol. The Balaban J connectivity index is 1.87. The molecule has 1 atom stereocenters. The van der Waals surface area contributed by atoms with Gasteiger partial charge in [-0.15, -0.1) is 0 Å². The minimum absolute atomic E-state index is 0.103. The van der Waals surface area contributed by atoms with Crippen molar-refractivity contribution in [3.8, 4) is 0 Å². The van der Waals surface area contributed by atoms with Crippen molar-refractivity contribution in [3.05, 3.63) is 28.5 Å². The van der Waals surface area contributed by atoms with Crippen LogP contribution in [0.2, 0.25) is 0 Å². The smallest absolute Gasteiger partial charge is 0.271 e. The third kappa shape index (κ3) is 3.89. The van der Waals surface area contributed by atoms with Crippen LogP contribution in [-0.4, -0.2) is 39.9 Å². The highest BCUT2D eigenvalue weighted by molar-refractivity contribution is 9.10. The zero-order valence-corrected chi connectivity index (χ0v) is 12.4. The Bertz CT molecular complexity index is 397. The van der Waals surface area contributed by atoms with Gasteiger partial charge in [-0.2, -0.15) is 23.5 Å². The standard InChI is InChI=1S/C11H13BrN2OS2/c12-9-2-1-3-13-10(9)11(15)14-6-8-7-16-4-5-17-8/h1-3,8H,4-7H2,(H,14,15). The van der Waals surface area contributed by atoms with Crippen LogP contribution in [0.15, 0.2) is 22.8 Å². The Hall–Kier alpha value is -0.200. The number of pyridine rings is 1. The van der Waals surface area contributed by atoms with Crippen LogP contribution in [0.1, 0.15) is 10.5 Å². The molecule has 1 unspecified atom stereocenters. The van der Waals surface area contributed by atoms with Crippen molar-refractivity contribution in [1.82, 2.24) is 10.3 Å². The molecule has 0 spiro atoms. The highest BCUT2D eigenvalue weighted by Gasteiger charge is 2.17. The molecular weight excluding hydrogens is 320 g/mol. The molecule has 0 saturated carbocycles. The zero-order chi connectivity index (χ0) is 12.1. The minimum Gasteiger partial charge on any atom is -0.350 e. The summed E-state index contributed by atoms with van der Waals surface area (Å²) < 4.78 is 0.739. The van der Waals surface area contributed by atoms with Crippen LogP contribution in [0.4, 0.5) is 0 Å². The Morgan fingerprint density at radius 3 is 3.18 bits per heavy atom. The Morgan fingerprint density at radius 2 is 2.47 bits per heavy atom. The van der Waals surface area contributed by atoms with Gasteiger partial charge in [-0.3, -0.25) is 4.79 Å². The predicted molar refractivity (Wildman–Crippen MR) is 77.8 cm³/mol. The summed E-state index contributed by atoms with van der Waals surface area (Å²) in [6, 6.07) is 3.63. The van der Waals surface area contributed by atoms with E-state index in [1.165, 1.54) is 11.5 Å². The van der Waals surface area contributed by atoms with Crippen molar-refractivity contribution in [2.45, 2.75) is 5.25 Å². The lowest BCUT2D eigenvalue weighted by atomic mass is 10.3. The van der Waals surface area contributed by atoms with Crippen LogP contribution in [0, 0.1) is 0 Å². The number of carbonyl (C=O) groups is 1. The van der Waals surface area contributed by atoms with E-state index in [0.29, 0.717) is 10.9 Å². The molecule has 1 aliphatic heterocycles. The average Bonchev–Trinajstić information content (AvgIpc) is 2.38. The van der Waals surface area contributed by atoms with Gasteiger partial charge in [-0.25, -0.2) is 4.98 Å². The number of nitrogens with zero attached hydrogens (tertiary/aromatic N) is 1.